The fourth-order valence-corrected chi connectivity index (χ4v) is 6.53. The Morgan fingerprint density at radius 2 is 1.88 bits per heavy atom. The molecule has 0 radical (unpaired) electrons. The summed E-state index contributed by atoms with van der Waals surface area (Å²) in [6.45, 7) is -1.08. The van der Waals surface area contributed by atoms with Crippen LogP contribution in [0.15, 0.2) is 8.42 Å². The minimum atomic E-state index is -4.52. The number of hydrogen-bond donors (Lipinski definition) is 8. The number of rotatable bonds is 4. The number of hydrogen-bond acceptors (Lipinski definition) is 12. The lowest BCUT2D eigenvalue weighted by Crippen LogP contribution is -2.54. The second-order valence-electron chi connectivity index (χ2n) is 5.21. The molecule has 12 nitrogen and oxygen atoms in total. The van der Waals surface area contributed by atoms with E-state index in [9.17, 15) is 32.2 Å². The molecule has 0 saturated heterocycles. The maximum atomic E-state index is 12.1. The Balaban J connectivity index is 2.69. The molecule has 1 aromatic rings. The molecule has 9 N–H and O–H groups in total. The van der Waals surface area contributed by atoms with Crippen LogP contribution in [0.1, 0.15) is 11.6 Å². The Morgan fingerprint density at radius 3 is 2.33 bits per heavy atom. The smallest absolute Gasteiger partial charge is 0.288 e. The minimum Gasteiger partial charge on any atom is -0.505 e. The maximum absolute atomic E-state index is 12.1. The Hall–Kier alpha value is -0.880. The molecule has 1 unspecified atom stereocenters. The fourth-order valence-electron chi connectivity index (χ4n) is 2.24. The lowest BCUT2D eigenvalue weighted by molar-refractivity contribution is -0.309. The van der Waals surface area contributed by atoms with Crippen molar-refractivity contribution in [1.82, 2.24) is 5.32 Å². The van der Waals surface area contributed by atoms with Crippen molar-refractivity contribution in [3.63, 3.8) is 0 Å². The number of thiophene rings is 1. The van der Waals surface area contributed by atoms with Gasteiger partial charge in [0.25, 0.3) is 16.0 Å². The summed E-state index contributed by atoms with van der Waals surface area (Å²) >= 11 is 0.113. The molecule has 0 fully saturated rings. The van der Waals surface area contributed by atoms with Crippen LogP contribution in [0.5, 0.6) is 5.75 Å². The number of sulfone groups is 1. The predicted octanol–water partition coefficient (Wildman–Crippen LogP) is -4.17. The van der Waals surface area contributed by atoms with E-state index in [1.165, 1.54) is 0 Å². The SMILES string of the molecule is NS(=O)(=O)c1sc2c(c1O)C(NCC(O)(O)O)C(O)(O)CS2(=O)=O. The number of sulfonamides is 1. The molecule has 2 rings (SSSR count). The van der Waals surface area contributed by atoms with Gasteiger partial charge in [0.2, 0.25) is 0 Å². The molecule has 1 atom stereocenters. The Bertz CT molecular complexity index is 864. The molecule has 1 aliphatic rings. The summed E-state index contributed by atoms with van der Waals surface area (Å²) in [6, 6.07) is -1.87. The molecule has 2 heterocycles. The first-order chi connectivity index (χ1) is 10.6. The highest BCUT2D eigenvalue weighted by molar-refractivity contribution is 7.95. The van der Waals surface area contributed by atoms with Crippen LogP contribution in [-0.2, 0) is 19.9 Å². The largest absolute Gasteiger partial charge is 0.505 e. The van der Waals surface area contributed by atoms with E-state index in [4.69, 9.17) is 20.5 Å². The van der Waals surface area contributed by atoms with Gasteiger partial charge in [0.1, 0.15) is 9.96 Å². The van der Waals surface area contributed by atoms with Crippen molar-refractivity contribution in [1.29, 1.82) is 0 Å². The molecule has 0 saturated carbocycles. The van der Waals surface area contributed by atoms with Gasteiger partial charge in [-0.1, -0.05) is 0 Å². The van der Waals surface area contributed by atoms with E-state index < -0.39 is 69.7 Å². The van der Waals surface area contributed by atoms with Crippen molar-refractivity contribution in [2.24, 2.45) is 5.14 Å². The lowest BCUT2D eigenvalue weighted by Gasteiger charge is -2.36. The van der Waals surface area contributed by atoms with E-state index in [0.717, 1.165) is 0 Å². The first kappa shape index (κ1) is 19.4. The third-order valence-corrected chi connectivity index (χ3v) is 8.13. The molecule has 0 amide bonds. The highest BCUT2D eigenvalue weighted by atomic mass is 32.3. The van der Waals surface area contributed by atoms with E-state index in [-0.39, 0.29) is 11.3 Å². The van der Waals surface area contributed by atoms with Gasteiger partial charge >= 0.3 is 0 Å². The first-order valence-corrected chi connectivity index (χ1v) is 10.0. The number of nitrogens with one attached hydrogen (secondary N) is 1. The molecular formula is C9H14N2O10S3. The molecule has 24 heavy (non-hydrogen) atoms. The summed E-state index contributed by atoms with van der Waals surface area (Å²) in [7, 11) is -8.90. The van der Waals surface area contributed by atoms with E-state index >= 15 is 0 Å². The number of primary sulfonamides is 1. The molecule has 1 aromatic heterocycles. The number of aliphatic hydroxyl groups is 5. The lowest BCUT2D eigenvalue weighted by atomic mass is 10.0. The van der Waals surface area contributed by atoms with E-state index in [2.05, 4.69) is 0 Å². The molecule has 0 spiro atoms. The van der Waals surface area contributed by atoms with Crippen LogP contribution in [0.25, 0.3) is 0 Å². The fraction of sp³-hybridized carbons (Fsp3) is 0.556. The number of nitrogens with two attached hydrogens (primary N) is 1. The van der Waals surface area contributed by atoms with Crippen molar-refractivity contribution in [2.75, 3.05) is 12.3 Å². The highest BCUT2D eigenvalue weighted by Gasteiger charge is 2.51. The van der Waals surface area contributed by atoms with Gasteiger partial charge in [-0.25, -0.2) is 22.0 Å². The minimum absolute atomic E-state index is 0.113. The maximum Gasteiger partial charge on any atom is 0.288 e. The Morgan fingerprint density at radius 1 is 1.33 bits per heavy atom. The second-order valence-corrected chi connectivity index (χ2v) is 10.2. The van der Waals surface area contributed by atoms with Gasteiger partial charge in [0.15, 0.2) is 25.6 Å². The zero-order valence-corrected chi connectivity index (χ0v) is 14.1. The normalized spacial score (nSPS) is 23.0. The van der Waals surface area contributed by atoms with Crippen molar-refractivity contribution in [3.8, 4) is 5.75 Å². The second kappa shape index (κ2) is 5.56. The Labute approximate surface area is 139 Å². The Kier molecular flexibility index (Phi) is 4.51. The van der Waals surface area contributed by atoms with Crippen LogP contribution in [0, 0.1) is 0 Å². The van der Waals surface area contributed by atoms with Gasteiger partial charge in [-0.3, -0.25) is 5.32 Å². The number of fused-ring (bicyclic) bond motifs is 1. The van der Waals surface area contributed by atoms with Crippen LogP contribution in [0.2, 0.25) is 0 Å². The quantitative estimate of drug-likeness (QED) is 0.224. The van der Waals surface area contributed by atoms with Gasteiger partial charge < -0.3 is 30.6 Å². The predicted molar refractivity (Wildman–Crippen MR) is 76.7 cm³/mol. The van der Waals surface area contributed by atoms with Gasteiger partial charge in [-0.05, 0) is 0 Å². The van der Waals surface area contributed by atoms with Crippen molar-refractivity contribution in [3.05, 3.63) is 5.56 Å². The summed E-state index contributed by atoms with van der Waals surface area (Å²) < 4.78 is 45.5. The summed E-state index contributed by atoms with van der Waals surface area (Å²) in [5, 5.41) is 63.4. The zero-order chi connectivity index (χ0) is 18.7. The molecule has 0 aromatic carbocycles. The molecule has 0 aliphatic carbocycles. The molecule has 138 valence electrons. The summed E-state index contributed by atoms with van der Waals surface area (Å²) in [5.41, 5.74) is -0.718. The highest BCUT2D eigenvalue weighted by Crippen LogP contribution is 2.49. The summed E-state index contributed by atoms with van der Waals surface area (Å²) in [5.74, 6) is -8.74. The van der Waals surface area contributed by atoms with Crippen molar-refractivity contribution in [2.45, 2.75) is 26.2 Å². The van der Waals surface area contributed by atoms with E-state index in [0.29, 0.717) is 0 Å². The van der Waals surface area contributed by atoms with Gasteiger partial charge in [0.05, 0.1) is 12.6 Å². The molecule has 15 heteroatoms. The van der Waals surface area contributed by atoms with Crippen LogP contribution in [0.4, 0.5) is 0 Å². The number of aromatic hydroxyl groups is 1. The standard InChI is InChI=1S/C9H14N2O10S3/c10-24(20,21)7-4(12)3-5(11-1-9(15,16)17)8(13,14)2-23(18,19)6(3)22-7/h5,11-17H,1-2H2,(H2,10,20,21). The first-order valence-electron chi connectivity index (χ1n) is 6.03. The molecule has 1 aliphatic heterocycles. The van der Waals surface area contributed by atoms with Gasteiger partial charge in [-0.2, -0.15) is 0 Å². The summed E-state index contributed by atoms with van der Waals surface area (Å²) in [4.78, 5) is 0. The zero-order valence-electron chi connectivity index (χ0n) is 11.6. The van der Waals surface area contributed by atoms with Crippen molar-refractivity contribution >= 4 is 31.2 Å². The van der Waals surface area contributed by atoms with Crippen LogP contribution in [-0.4, -0.2) is 71.5 Å². The van der Waals surface area contributed by atoms with E-state index in [1.54, 1.807) is 0 Å². The third-order valence-electron chi connectivity index (χ3n) is 3.09. The summed E-state index contributed by atoms with van der Waals surface area (Å²) in [6.07, 6.45) is 0. The average molecular weight is 406 g/mol. The van der Waals surface area contributed by atoms with E-state index in [1.807, 2.05) is 5.32 Å². The van der Waals surface area contributed by atoms with Gasteiger partial charge in [0, 0.05) is 5.56 Å². The van der Waals surface area contributed by atoms with Crippen LogP contribution >= 0.6 is 11.3 Å². The molecule has 0 bridgehead atoms. The van der Waals surface area contributed by atoms with Gasteiger partial charge in [-0.15, -0.1) is 11.3 Å². The van der Waals surface area contributed by atoms with Crippen LogP contribution < -0.4 is 10.5 Å². The van der Waals surface area contributed by atoms with Crippen molar-refractivity contribution < 1.29 is 47.5 Å². The average Bonchev–Trinajstić information content (AvgIpc) is 2.64. The molecular weight excluding hydrogens is 392 g/mol. The third kappa shape index (κ3) is 3.54. The monoisotopic (exact) mass is 406 g/mol. The topological polar surface area (TPSA) is 228 Å². The van der Waals surface area contributed by atoms with Crippen LogP contribution in [0.3, 0.4) is 0 Å².